The fourth-order valence-electron chi connectivity index (χ4n) is 3.97. The lowest BCUT2D eigenvalue weighted by atomic mass is 10.0. The summed E-state index contributed by atoms with van der Waals surface area (Å²) in [6.45, 7) is 6.14. The van der Waals surface area contributed by atoms with Crippen molar-refractivity contribution in [2.45, 2.75) is 18.9 Å². The maximum Gasteiger partial charge on any atom is 0.254 e. The van der Waals surface area contributed by atoms with Gasteiger partial charge in [-0.05, 0) is 47.9 Å². The van der Waals surface area contributed by atoms with E-state index >= 15 is 0 Å². The Morgan fingerprint density at radius 2 is 1.67 bits per heavy atom. The smallest absolute Gasteiger partial charge is 0.254 e. The Hall–Kier alpha value is -2.56. The molecule has 1 aliphatic heterocycles. The van der Waals surface area contributed by atoms with Crippen LogP contribution in [0.1, 0.15) is 22.8 Å². The number of amides is 1. The number of piperazine rings is 1. The highest BCUT2D eigenvalue weighted by atomic mass is 35.5. The van der Waals surface area contributed by atoms with Crippen LogP contribution in [0.5, 0.6) is 5.75 Å². The Kier molecular flexibility index (Phi) is 6.56. The van der Waals surface area contributed by atoms with E-state index in [1.807, 2.05) is 47.4 Å². The second-order valence-corrected chi connectivity index (χ2v) is 8.33. The first-order valence-electron chi connectivity index (χ1n) is 10.5. The van der Waals surface area contributed by atoms with Gasteiger partial charge in [0.2, 0.25) is 0 Å². The van der Waals surface area contributed by atoms with Gasteiger partial charge >= 0.3 is 0 Å². The van der Waals surface area contributed by atoms with E-state index in [2.05, 4.69) is 29.2 Å². The number of hydrogen-bond donors (Lipinski definition) is 0. The Bertz CT molecular complexity index is 990. The van der Waals surface area contributed by atoms with Crippen LogP contribution in [0.4, 0.5) is 0 Å². The molecule has 5 heteroatoms. The second-order valence-electron chi connectivity index (χ2n) is 7.72. The first-order valence-corrected chi connectivity index (χ1v) is 10.9. The van der Waals surface area contributed by atoms with Gasteiger partial charge in [-0.2, -0.15) is 0 Å². The topological polar surface area (TPSA) is 32.8 Å². The molecule has 0 N–H and O–H groups in total. The van der Waals surface area contributed by atoms with Gasteiger partial charge in [-0.1, -0.05) is 60.1 Å². The molecule has 1 fully saturated rings. The number of carbonyl (C=O) groups is 1. The van der Waals surface area contributed by atoms with Crippen LogP contribution in [0, 0.1) is 0 Å². The molecule has 3 aromatic rings. The number of fused-ring (bicyclic) bond motifs is 1. The summed E-state index contributed by atoms with van der Waals surface area (Å²) in [4.78, 5) is 17.5. The first kappa shape index (κ1) is 20.7. The molecule has 0 aromatic heterocycles. The zero-order valence-corrected chi connectivity index (χ0v) is 18.0. The van der Waals surface area contributed by atoms with Crippen molar-refractivity contribution >= 4 is 28.3 Å². The summed E-state index contributed by atoms with van der Waals surface area (Å²) < 4.78 is 5.48. The van der Waals surface area contributed by atoms with Gasteiger partial charge in [0.15, 0.2) is 5.56 Å². The summed E-state index contributed by atoms with van der Waals surface area (Å²) in [7, 11) is 0. The molecule has 156 valence electrons. The molecular formula is C25H27ClN2O2. The van der Waals surface area contributed by atoms with Crippen molar-refractivity contribution < 1.29 is 9.53 Å². The number of ether oxygens (including phenoxy) is 1. The minimum Gasteiger partial charge on any atom is -0.475 e. The molecule has 4 rings (SSSR count). The maximum atomic E-state index is 13.1. The lowest BCUT2D eigenvalue weighted by Gasteiger charge is -2.35. The Morgan fingerprint density at radius 1 is 0.967 bits per heavy atom. The molecule has 1 heterocycles. The molecule has 1 amide bonds. The highest BCUT2D eigenvalue weighted by Crippen LogP contribution is 2.21. The summed E-state index contributed by atoms with van der Waals surface area (Å²) in [5.41, 5.74) is 1.75. The highest BCUT2D eigenvalue weighted by molar-refractivity contribution is 6.19. The van der Waals surface area contributed by atoms with Gasteiger partial charge in [0.05, 0.1) is 0 Å². The number of carbonyl (C=O) groups excluding carboxylic acids is 1. The van der Waals surface area contributed by atoms with E-state index in [0.29, 0.717) is 0 Å². The number of hydrogen-bond acceptors (Lipinski definition) is 3. The van der Waals surface area contributed by atoms with Crippen LogP contribution in [0.25, 0.3) is 10.8 Å². The van der Waals surface area contributed by atoms with Gasteiger partial charge in [0.25, 0.3) is 5.91 Å². The Balaban J connectivity index is 1.30. The Labute approximate surface area is 183 Å². The van der Waals surface area contributed by atoms with E-state index in [1.54, 1.807) is 6.92 Å². The minimum atomic E-state index is -0.330. The van der Waals surface area contributed by atoms with Gasteiger partial charge in [0.1, 0.15) is 5.75 Å². The van der Waals surface area contributed by atoms with Crippen LogP contribution < -0.4 is 4.74 Å². The van der Waals surface area contributed by atoms with Crippen LogP contribution in [0.2, 0.25) is 0 Å². The van der Waals surface area contributed by atoms with E-state index in [9.17, 15) is 4.79 Å². The van der Waals surface area contributed by atoms with Crippen LogP contribution in [-0.2, 0) is 6.42 Å². The molecule has 1 unspecified atom stereocenters. The first-order chi connectivity index (χ1) is 14.6. The molecular weight excluding hydrogens is 396 g/mol. The molecule has 1 saturated heterocycles. The van der Waals surface area contributed by atoms with Gasteiger partial charge in [-0.25, -0.2) is 0 Å². The van der Waals surface area contributed by atoms with Crippen molar-refractivity contribution in [2.24, 2.45) is 0 Å². The summed E-state index contributed by atoms with van der Waals surface area (Å²) in [6, 6.07) is 22.2. The molecule has 3 aromatic carbocycles. The monoisotopic (exact) mass is 422 g/mol. The van der Waals surface area contributed by atoms with E-state index in [-0.39, 0.29) is 11.5 Å². The van der Waals surface area contributed by atoms with Crippen molar-refractivity contribution in [1.82, 2.24) is 9.80 Å². The molecule has 4 nitrogen and oxygen atoms in total. The van der Waals surface area contributed by atoms with Crippen molar-refractivity contribution in [3.8, 4) is 5.75 Å². The molecule has 0 bridgehead atoms. The molecule has 0 radical (unpaired) electrons. The zero-order chi connectivity index (χ0) is 20.9. The van der Waals surface area contributed by atoms with E-state index in [0.717, 1.165) is 61.2 Å². The quantitative estimate of drug-likeness (QED) is 0.535. The number of halogens is 1. The third kappa shape index (κ3) is 4.94. The maximum absolute atomic E-state index is 13.1. The zero-order valence-electron chi connectivity index (χ0n) is 17.3. The van der Waals surface area contributed by atoms with Gasteiger partial charge < -0.3 is 9.64 Å². The largest absolute Gasteiger partial charge is 0.475 e. The third-order valence-corrected chi connectivity index (χ3v) is 5.71. The van der Waals surface area contributed by atoms with Crippen molar-refractivity contribution in [3.05, 3.63) is 77.9 Å². The van der Waals surface area contributed by atoms with E-state index in [4.69, 9.17) is 16.3 Å². The molecule has 1 aliphatic rings. The Morgan fingerprint density at radius 3 is 2.40 bits per heavy atom. The van der Waals surface area contributed by atoms with Crippen LogP contribution >= 0.6 is 11.6 Å². The highest BCUT2D eigenvalue weighted by Gasteiger charge is 2.23. The van der Waals surface area contributed by atoms with Crippen LogP contribution in [-0.4, -0.2) is 54.0 Å². The average Bonchev–Trinajstić information content (AvgIpc) is 2.78. The summed E-state index contributed by atoms with van der Waals surface area (Å²) in [6.07, 6.45) is 0.980. The lowest BCUT2D eigenvalue weighted by molar-refractivity contribution is 0.0640. The minimum absolute atomic E-state index is 0.135. The fourth-order valence-corrected chi connectivity index (χ4v) is 4.07. The summed E-state index contributed by atoms with van der Waals surface area (Å²) >= 11 is 5.86. The average molecular weight is 423 g/mol. The lowest BCUT2D eigenvalue weighted by Crippen LogP contribution is -2.49. The van der Waals surface area contributed by atoms with Crippen molar-refractivity contribution in [1.29, 1.82) is 0 Å². The van der Waals surface area contributed by atoms with Crippen LogP contribution in [0.3, 0.4) is 0 Å². The summed E-state index contributed by atoms with van der Waals surface area (Å²) in [5.74, 6) is 0.928. The standard InChI is InChI=1S/C25H27ClN2O2/c1-19(26)30-22-11-9-20(10-12-22)13-14-27-15-17-28(18-16-27)25(29)24-8-4-6-21-5-2-3-7-23(21)24/h2-12,19H,13-18H2,1H3. The SMILES string of the molecule is CC(Cl)Oc1ccc(CCN2CCN(C(=O)c3cccc4ccccc34)CC2)cc1. The van der Waals surface area contributed by atoms with Crippen LogP contribution in [0.15, 0.2) is 66.7 Å². The molecule has 0 aliphatic carbocycles. The van der Waals surface area contributed by atoms with Gasteiger partial charge in [0, 0.05) is 38.3 Å². The van der Waals surface area contributed by atoms with Gasteiger partial charge in [-0.3, -0.25) is 9.69 Å². The predicted octanol–water partition coefficient (Wildman–Crippen LogP) is 4.80. The van der Waals surface area contributed by atoms with Crippen molar-refractivity contribution in [2.75, 3.05) is 32.7 Å². The summed E-state index contributed by atoms with van der Waals surface area (Å²) in [5, 5.41) is 2.14. The molecule has 0 saturated carbocycles. The number of nitrogens with zero attached hydrogens (tertiary/aromatic N) is 2. The number of rotatable bonds is 6. The van der Waals surface area contributed by atoms with Crippen molar-refractivity contribution in [3.63, 3.8) is 0 Å². The van der Waals surface area contributed by atoms with Gasteiger partial charge in [-0.15, -0.1) is 0 Å². The molecule has 30 heavy (non-hydrogen) atoms. The molecule has 1 atom stereocenters. The molecule has 0 spiro atoms. The second kappa shape index (κ2) is 9.50. The predicted molar refractivity (Wildman–Crippen MR) is 122 cm³/mol. The number of benzene rings is 3. The van der Waals surface area contributed by atoms with E-state index < -0.39 is 0 Å². The fraction of sp³-hybridized carbons (Fsp3) is 0.320. The number of alkyl halides is 1. The third-order valence-electron chi connectivity index (χ3n) is 5.62. The van der Waals surface area contributed by atoms with E-state index in [1.165, 1.54) is 5.56 Å². The normalized spacial score (nSPS) is 15.9.